The van der Waals surface area contributed by atoms with Gasteiger partial charge in [0, 0.05) is 87.8 Å². The summed E-state index contributed by atoms with van der Waals surface area (Å²) in [6.45, 7) is 3.03. The molecule has 13 nitrogen and oxygen atoms in total. The fraction of sp³-hybridized carbons (Fsp3) is 0.135. The van der Waals surface area contributed by atoms with Gasteiger partial charge in [0.2, 0.25) is 0 Å². The van der Waals surface area contributed by atoms with Crippen molar-refractivity contribution in [3.63, 3.8) is 0 Å². The first-order valence-corrected chi connectivity index (χ1v) is 20.2. The molecule has 6 aromatic rings. The number of hydrogen-bond acceptors (Lipinski definition) is 9. The van der Waals surface area contributed by atoms with Crippen LogP contribution in [0.3, 0.4) is 0 Å². The third kappa shape index (κ3) is 19.9. The van der Waals surface area contributed by atoms with Crippen LogP contribution >= 0.6 is 11.6 Å². The molecule has 0 unspecified atom stereocenters. The monoisotopic (exact) mass is 969 g/mol. The number of benzene rings is 6. The Bertz CT molecular complexity index is 3010. The van der Waals surface area contributed by atoms with Crippen LogP contribution in [0.2, 0.25) is 0 Å². The van der Waals surface area contributed by atoms with Crippen molar-refractivity contribution in [3.8, 4) is 35.5 Å². The number of amides is 2. The molecule has 0 aromatic heterocycles. The van der Waals surface area contributed by atoms with Gasteiger partial charge in [0.1, 0.15) is 0 Å². The number of nitrogens with zero attached hydrogens (tertiary/aromatic N) is 2. The van der Waals surface area contributed by atoms with Crippen LogP contribution in [-0.2, 0) is 0 Å². The summed E-state index contributed by atoms with van der Waals surface area (Å²) in [7, 11) is 0. The Kier molecular flexibility index (Phi) is 25.7. The van der Waals surface area contributed by atoms with E-state index >= 15 is 0 Å². The van der Waals surface area contributed by atoms with Crippen LogP contribution in [0.4, 0.5) is 47.3 Å². The van der Waals surface area contributed by atoms with Crippen molar-refractivity contribution in [1.29, 1.82) is 0 Å². The predicted molar refractivity (Wildman–Crippen MR) is 272 cm³/mol. The van der Waals surface area contributed by atoms with Crippen LogP contribution in [0, 0.1) is 76.5 Å². The number of nitro benzene ring substituents is 2. The molecular weight excluding hydrogens is 924 g/mol. The average Bonchev–Trinajstić information content (AvgIpc) is 3.32. The summed E-state index contributed by atoms with van der Waals surface area (Å²) >= 11 is 5.25. The number of carbonyl (C=O) groups excluding carboxylic acids is 3. The first kappa shape index (κ1) is 59.2. The third-order valence-corrected chi connectivity index (χ3v) is 9.09. The maximum atomic E-state index is 12.2. The molecular formula is C52H46BClF3N6O7. The number of halogens is 4. The van der Waals surface area contributed by atoms with Gasteiger partial charge < -0.3 is 22.1 Å². The fourth-order valence-electron chi connectivity index (χ4n) is 5.43. The molecule has 0 aliphatic carbocycles. The molecule has 3 radical (unpaired) electrons. The molecule has 0 aliphatic rings. The zero-order valence-electron chi connectivity index (χ0n) is 37.2. The molecule has 70 heavy (non-hydrogen) atoms. The van der Waals surface area contributed by atoms with E-state index in [9.17, 15) is 47.8 Å². The molecule has 0 heterocycles. The molecule has 0 aliphatic heterocycles. The van der Waals surface area contributed by atoms with E-state index in [0.717, 1.165) is 5.56 Å². The number of nitrogens with one attached hydrogen (secondary N) is 2. The lowest BCUT2D eigenvalue weighted by molar-refractivity contribution is -0.385. The van der Waals surface area contributed by atoms with Crippen LogP contribution in [0.25, 0.3) is 0 Å². The highest BCUT2D eigenvalue weighted by atomic mass is 35.5. The minimum atomic E-state index is -0.760. The molecule has 6 aromatic carbocycles. The van der Waals surface area contributed by atoms with Gasteiger partial charge in [-0.1, -0.05) is 85.4 Å². The Morgan fingerprint density at radius 2 is 0.929 bits per heavy atom. The fourth-order valence-corrected chi connectivity index (χ4v) is 5.55. The van der Waals surface area contributed by atoms with Crippen LogP contribution in [0.5, 0.6) is 0 Å². The number of carbonyl (C=O) groups is 3. The molecule has 0 spiro atoms. The largest absolute Gasteiger partial charge is 0.399 e. The van der Waals surface area contributed by atoms with Crippen LogP contribution in [0.15, 0.2) is 127 Å². The highest BCUT2D eigenvalue weighted by Gasteiger charge is 2.14. The van der Waals surface area contributed by atoms with E-state index in [-0.39, 0.29) is 33.1 Å². The van der Waals surface area contributed by atoms with E-state index in [1.54, 1.807) is 111 Å². The van der Waals surface area contributed by atoms with Gasteiger partial charge >= 0.3 is 0 Å². The number of aryl methyl sites for hydroxylation is 3. The van der Waals surface area contributed by atoms with E-state index in [2.05, 4.69) is 46.2 Å². The van der Waals surface area contributed by atoms with Gasteiger partial charge in [-0.05, 0) is 111 Å². The second-order valence-corrected chi connectivity index (χ2v) is 14.2. The molecule has 0 fully saturated rings. The Labute approximate surface area is 410 Å². The molecule has 357 valence electrons. The molecule has 0 saturated heterocycles. The smallest absolute Gasteiger partial charge is 0.274 e. The van der Waals surface area contributed by atoms with E-state index in [1.165, 1.54) is 24.3 Å². The first-order valence-electron chi connectivity index (χ1n) is 19.8. The van der Waals surface area contributed by atoms with Crippen LogP contribution in [0.1, 0.15) is 71.9 Å². The summed E-state index contributed by atoms with van der Waals surface area (Å²) in [6.07, 6.45) is 0. The van der Waals surface area contributed by atoms with Crippen LogP contribution in [-0.4, -0.2) is 55.3 Å². The Balaban J connectivity index is 0.000000481. The standard InChI is InChI=1S/C17H13FN2O3.C17H15FN2O.C10H6ClFO.C7H8N2O2.CH4.B/c1-12-7-8-15(11-16(12)20(22)23)19-17(21)14-6-2-4-13(10-14)5-3-9-18;1-12-7-8-15(11-16(12)19)20-17(21)14-6-2-4-13(10-14)5-3-9-18;11-10(13)9-5-1-3-8(7-9)4-2-6-12;1-5-2-3-6(8)4-7(5)9(10)11;;/h2,4,6-8,10-11H,9H2,1H3,(H,19,21);2,4,6-8,10-11H,9,19H2,1H3,(H,20,21);1,3,5,7H,6H2;2-4H,8H2,1H3;1H4;. The van der Waals surface area contributed by atoms with Gasteiger partial charge in [-0.3, -0.25) is 34.6 Å². The van der Waals surface area contributed by atoms with E-state index < -0.39 is 41.0 Å². The van der Waals surface area contributed by atoms with Crippen molar-refractivity contribution in [2.24, 2.45) is 0 Å². The zero-order chi connectivity index (χ0) is 50.2. The molecule has 0 atom stereocenters. The first-order chi connectivity index (χ1) is 32.4. The lowest BCUT2D eigenvalue weighted by Crippen LogP contribution is -2.12. The van der Waals surface area contributed by atoms with Gasteiger partial charge in [0.05, 0.1) is 9.85 Å². The number of alkyl halides is 3. The molecule has 2 amide bonds. The van der Waals surface area contributed by atoms with E-state index in [4.69, 9.17) is 23.1 Å². The Hall–Kier alpha value is -8.85. The highest BCUT2D eigenvalue weighted by Crippen LogP contribution is 2.23. The maximum Gasteiger partial charge on any atom is 0.274 e. The summed E-state index contributed by atoms with van der Waals surface area (Å²) in [5, 5.41) is 26.1. The molecule has 0 bridgehead atoms. The summed E-state index contributed by atoms with van der Waals surface area (Å²) in [4.78, 5) is 55.4. The second kappa shape index (κ2) is 30.4. The zero-order valence-corrected chi connectivity index (χ0v) is 38.0. The molecule has 18 heteroatoms. The number of rotatable bonds is 7. The Morgan fingerprint density at radius 1 is 0.557 bits per heavy atom. The lowest BCUT2D eigenvalue weighted by atomic mass is 10.1. The van der Waals surface area contributed by atoms with Crippen LogP contribution < -0.4 is 22.1 Å². The number of nitro groups is 2. The summed E-state index contributed by atoms with van der Waals surface area (Å²) in [5.41, 5.74) is 18.1. The highest BCUT2D eigenvalue weighted by molar-refractivity contribution is 6.67. The second-order valence-electron chi connectivity index (χ2n) is 13.9. The molecule has 6 N–H and O–H groups in total. The molecule has 6 rings (SSSR count). The number of hydrogen-bond donors (Lipinski definition) is 4. The predicted octanol–water partition coefficient (Wildman–Crippen LogP) is 10.8. The number of nitrogen functional groups attached to an aromatic ring is 2. The SMILES string of the molecule is C.Cc1ccc(N)cc1[N+](=O)[O-].Cc1ccc(NC(=O)c2cccc(C#CCF)c2)cc1N.Cc1ccc(NC(=O)c2cccc(C#CCF)c2)cc1[N+](=O)[O-].O=C(Cl)c1cccc(C#CCF)c1.[B]. The summed E-state index contributed by atoms with van der Waals surface area (Å²) < 4.78 is 35.8. The van der Waals surface area contributed by atoms with Gasteiger partial charge in [-0.15, -0.1) is 0 Å². The lowest BCUT2D eigenvalue weighted by Gasteiger charge is -2.08. The van der Waals surface area contributed by atoms with Gasteiger partial charge in [-0.25, -0.2) is 13.2 Å². The Morgan fingerprint density at radius 3 is 1.31 bits per heavy atom. The van der Waals surface area contributed by atoms with Crippen molar-refractivity contribution in [1.82, 2.24) is 0 Å². The van der Waals surface area contributed by atoms with E-state index in [0.29, 0.717) is 67.3 Å². The minimum Gasteiger partial charge on any atom is -0.399 e. The quantitative estimate of drug-likeness (QED) is 0.0299. The van der Waals surface area contributed by atoms with Crippen molar-refractivity contribution in [3.05, 3.63) is 198 Å². The van der Waals surface area contributed by atoms with Crippen molar-refractivity contribution in [2.75, 3.05) is 42.1 Å². The van der Waals surface area contributed by atoms with Crippen molar-refractivity contribution < 1.29 is 37.4 Å². The van der Waals surface area contributed by atoms with Gasteiger partial charge in [-0.2, -0.15) is 0 Å². The summed E-state index contributed by atoms with van der Waals surface area (Å²) in [6, 6.07) is 34.0. The normalized spacial score (nSPS) is 9.19. The van der Waals surface area contributed by atoms with E-state index in [1.807, 2.05) is 13.0 Å². The van der Waals surface area contributed by atoms with Crippen molar-refractivity contribution >= 4 is 71.2 Å². The number of nitrogens with two attached hydrogens (primary N) is 2. The van der Waals surface area contributed by atoms with Gasteiger partial charge in [0.25, 0.3) is 28.4 Å². The van der Waals surface area contributed by atoms with Gasteiger partial charge in [0.15, 0.2) is 20.0 Å². The average molecular weight is 970 g/mol. The topological polar surface area (TPSA) is 214 Å². The van der Waals surface area contributed by atoms with Crippen molar-refractivity contribution in [2.45, 2.75) is 28.2 Å². The minimum absolute atomic E-state index is 0. The number of anilines is 4. The molecule has 0 saturated carbocycles. The third-order valence-electron chi connectivity index (χ3n) is 8.87. The summed E-state index contributed by atoms with van der Waals surface area (Å²) in [5.74, 6) is 14.0. The maximum absolute atomic E-state index is 12.2.